The van der Waals surface area contributed by atoms with Crippen molar-refractivity contribution in [3.05, 3.63) is 35.9 Å². The molecule has 1 rings (SSSR count). The SMILES string of the molecule is CC(=O)NC(CO)C(=O)NC(CCC(N)=O)C(=O)NC(CC(N)=O)C(=O)NC(Cc1ccccc1)C(O)CC(=O)NC(C=O)C(C)C. The highest BCUT2D eigenvalue weighted by Gasteiger charge is 2.33. The largest absolute Gasteiger partial charge is 0.394 e. The van der Waals surface area contributed by atoms with Crippen LogP contribution in [0, 0.1) is 5.92 Å². The van der Waals surface area contributed by atoms with Crippen molar-refractivity contribution in [1.29, 1.82) is 0 Å². The van der Waals surface area contributed by atoms with Gasteiger partial charge in [0.2, 0.25) is 41.4 Å². The zero-order valence-electron chi connectivity index (χ0n) is 26.6. The monoisotopic (exact) mass is 663 g/mol. The van der Waals surface area contributed by atoms with Crippen LogP contribution in [0.3, 0.4) is 0 Å². The number of nitrogens with one attached hydrogen (secondary N) is 5. The standard InChI is InChI=1S/C30H45N7O10/c1-16(2)22(14-38)34-27(44)13-24(41)20(11-18-7-5-4-6-8-18)36-29(46)21(12-26(32)43)37-28(45)19(9-10-25(31)42)35-30(47)23(15-39)33-17(3)40/h4-8,14,16,19-24,39,41H,9-13,15H2,1-3H3,(H2,31,42)(H2,32,43)(H,33,40)(H,34,44)(H,35,47)(H,36,46)(H,37,45). The van der Waals surface area contributed by atoms with E-state index in [-0.39, 0.29) is 25.2 Å². The number of carbonyl (C=O) groups excluding carboxylic acids is 8. The molecule has 0 saturated carbocycles. The Balaban J connectivity index is 3.25. The fourth-order valence-corrected chi connectivity index (χ4v) is 4.32. The second kappa shape index (κ2) is 20.3. The van der Waals surface area contributed by atoms with Gasteiger partial charge < -0.3 is 53.1 Å². The third-order valence-corrected chi connectivity index (χ3v) is 6.90. The first-order valence-electron chi connectivity index (χ1n) is 14.9. The highest BCUT2D eigenvalue weighted by atomic mass is 16.3. The van der Waals surface area contributed by atoms with Gasteiger partial charge in [-0.3, -0.25) is 33.6 Å². The maximum Gasteiger partial charge on any atom is 0.245 e. The van der Waals surface area contributed by atoms with Gasteiger partial charge in [-0.05, 0) is 24.3 Å². The second-order valence-corrected chi connectivity index (χ2v) is 11.3. The van der Waals surface area contributed by atoms with Crippen molar-refractivity contribution in [1.82, 2.24) is 26.6 Å². The fourth-order valence-electron chi connectivity index (χ4n) is 4.32. The average Bonchev–Trinajstić information content (AvgIpc) is 2.99. The number of aldehydes is 1. The van der Waals surface area contributed by atoms with Crippen molar-refractivity contribution in [2.24, 2.45) is 17.4 Å². The predicted octanol–water partition coefficient (Wildman–Crippen LogP) is -3.59. The molecule has 6 unspecified atom stereocenters. The molecule has 0 spiro atoms. The Hall–Kier alpha value is -4.90. The Morgan fingerprint density at radius 2 is 1.36 bits per heavy atom. The van der Waals surface area contributed by atoms with Crippen molar-refractivity contribution >= 4 is 47.6 Å². The summed E-state index contributed by atoms with van der Waals surface area (Å²) in [5.74, 6) is -6.34. The third-order valence-electron chi connectivity index (χ3n) is 6.90. The molecule has 11 N–H and O–H groups in total. The maximum atomic E-state index is 13.5. The van der Waals surface area contributed by atoms with Crippen molar-refractivity contribution in [2.75, 3.05) is 6.61 Å². The molecule has 0 aliphatic heterocycles. The minimum atomic E-state index is -1.64. The smallest absolute Gasteiger partial charge is 0.245 e. The van der Waals surface area contributed by atoms with E-state index >= 15 is 0 Å². The summed E-state index contributed by atoms with van der Waals surface area (Å²) >= 11 is 0. The Kier molecular flexibility index (Phi) is 17.3. The molecule has 0 radical (unpaired) electrons. The van der Waals surface area contributed by atoms with Crippen LogP contribution in [0.2, 0.25) is 0 Å². The predicted molar refractivity (Wildman–Crippen MR) is 166 cm³/mol. The summed E-state index contributed by atoms with van der Waals surface area (Å²) in [6.07, 6.45) is -2.87. The number of benzene rings is 1. The van der Waals surface area contributed by atoms with E-state index in [1.54, 1.807) is 44.2 Å². The van der Waals surface area contributed by atoms with Crippen LogP contribution in [-0.4, -0.2) is 101 Å². The van der Waals surface area contributed by atoms with Gasteiger partial charge in [0.1, 0.15) is 24.4 Å². The van der Waals surface area contributed by atoms with Gasteiger partial charge in [-0.2, -0.15) is 0 Å². The molecule has 0 fully saturated rings. The highest BCUT2D eigenvalue weighted by molar-refractivity contribution is 5.96. The van der Waals surface area contributed by atoms with Gasteiger partial charge in [-0.25, -0.2) is 0 Å². The van der Waals surface area contributed by atoms with E-state index < -0.39 is 97.1 Å². The lowest BCUT2D eigenvalue weighted by atomic mass is 9.97. The van der Waals surface area contributed by atoms with Crippen LogP contribution in [0.1, 0.15) is 52.0 Å². The molecule has 1 aromatic rings. The molecule has 0 aromatic heterocycles. The van der Waals surface area contributed by atoms with Crippen molar-refractivity contribution < 1.29 is 48.6 Å². The number of carbonyl (C=O) groups is 8. The molecular formula is C30H45N7O10. The highest BCUT2D eigenvalue weighted by Crippen LogP contribution is 2.11. The van der Waals surface area contributed by atoms with Crippen LogP contribution < -0.4 is 38.1 Å². The van der Waals surface area contributed by atoms with E-state index in [1.807, 2.05) is 0 Å². The average molecular weight is 664 g/mol. The number of amides is 7. The van der Waals surface area contributed by atoms with E-state index in [9.17, 15) is 48.6 Å². The fraction of sp³-hybridized carbons (Fsp3) is 0.533. The molecule has 0 bridgehead atoms. The van der Waals surface area contributed by atoms with Crippen molar-refractivity contribution in [2.45, 2.75) is 89.2 Å². The van der Waals surface area contributed by atoms with Crippen LogP contribution in [-0.2, 0) is 44.8 Å². The number of nitrogens with two attached hydrogens (primary N) is 2. The van der Waals surface area contributed by atoms with Crippen LogP contribution in [0.15, 0.2) is 30.3 Å². The normalized spacial score (nSPS) is 14.7. The lowest BCUT2D eigenvalue weighted by molar-refractivity contribution is -0.135. The third kappa shape index (κ3) is 15.3. The van der Waals surface area contributed by atoms with Gasteiger partial charge in [-0.15, -0.1) is 0 Å². The van der Waals surface area contributed by atoms with E-state index in [2.05, 4.69) is 26.6 Å². The minimum Gasteiger partial charge on any atom is -0.394 e. The molecule has 0 aliphatic rings. The molecule has 1 aromatic carbocycles. The molecular weight excluding hydrogens is 618 g/mol. The second-order valence-electron chi connectivity index (χ2n) is 11.3. The van der Waals surface area contributed by atoms with E-state index in [4.69, 9.17) is 11.5 Å². The summed E-state index contributed by atoms with van der Waals surface area (Å²) in [5.41, 5.74) is 11.2. The van der Waals surface area contributed by atoms with E-state index in [0.29, 0.717) is 11.8 Å². The quantitative estimate of drug-likeness (QED) is 0.0583. The first-order valence-corrected chi connectivity index (χ1v) is 14.9. The number of primary amides is 2. The van der Waals surface area contributed by atoms with Crippen LogP contribution in [0.25, 0.3) is 0 Å². The Morgan fingerprint density at radius 3 is 1.87 bits per heavy atom. The molecule has 17 heteroatoms. The van der Waals surface area contributed by atoms with Gasteiger partial charge in [0.25, 0.3) is 0 Å². The summed E-state index contributed by atoms with van der Waals surface area (Å²) in [6, 6.07) is 2.07. The molecule has 47 heavy (non-hydrogen) atoms. The van der Waals surface area contributed by atoms with Gasteiger partial charge in [0, 0.05) is 13.3 Å². The van der Waals surface area contributed by atoms with Crippen molar-refractivity contribution in [3.63, 3.8) is 0 Å². The molecule has 0 aliphatic carbocycles. The van der Waals surface area contributed by atoms with Crippen LogP contribution in [0.4, 0.5) is 0 Å². The molecule has 260 valence electrons. The number of aliphatic hydroxyl groups is 2. The van der Waals surface area contributed by atoms with Gasteiger partial charge in [0.05, 0.1) is 37.6 Å². The van der Waals surface area contributed by atoms with Crippen LogP contribution >= 0.6 is 0 Å². The minimum absolute atomic E-state index is 0.0164. The van der Waals surface area contributed by atoms with E-state index in [0.717, 1.165) is 6.92 Å². The number of hydrogen-bond donors (Lipinski definition) is 9. The number of rotatable bonds is 21. The summed E-state index contributed by atoms with van der Waals surface area (Å²) in [6.45, 7) is 3.72. The first-order chi connectivity index (χ1) is 22.1. The van der Waals surface area contributed by atoms with Crippen LogP contribution in [0.5, 0.6) is 0 Å². The first kappa shape index (κ1) is 40.1. The number of hydrogen-bond acceptors (Lipinski definition) is 10. The van der Waals surface area contributed by atoms with E-state index in [1.165, 1.54) is 0 Å². The van der Waals surface area contributed by atoms with Gasteiger partial charge in [-0.1, -0.05) is 44.2 Å². The Labute approximate surface area is 271 Å². The summed E-state index contributed by atoms with van der Waals surface area (Å²) in [4.78, 5) is 98.1. The number of aliphatic hydroxyl groups excluding tert-OH is 2. The Morgan fingerprint density at radius 1 is 0.787 bits per heavy atom. The molecule has 6 atom stereocenters. The zero-order chi connectivity index (χ0) is 35.7. The topological polar surface area (TPSA) is 289 Å². The Bertz CT molecular complexity index is 1260. The molecule has 0 heterocycles. The summed E-state index contributed by atoms with van der Waals surface area (Å²) in [7, 11) is 0. The molecule has 7 amide bonds. The molecule has 0 saturated heterocycles. The summed E-state index contributed by atoms with van der Waals surface area (Å²) < 4.78 is 0. The molecule has 17 nitrogen and oxygen atoms in total. The van der Waals surface area contributed by atoms with Gasteiger partial charge >= 0.3 is 0 Å². The maximum absolute atomic E-state index is 13.5. The zero-order valence-corrected chi connectivity index (χ0v) is 26.6. The van der Waals surface area contributed by atoms with Gasteiger partial charge in [0.15, 0.2) is 0 Å². The lowest BCUT2D eigenvalue weighted by Crippen LogP contribution is -2.59. The van der Waals surface area contributed by atoms with Crippen molar-refractivity contribution in [3.8, 4) is 0 Å². The summed E-state index contributed by atoms with van der Waals surface area (Å²) in [5, 5.41) is 32.3. The lowest BCUT2D eigenvalue weighted by Gasteiger charge is -2.28.